The number of aliphatic hydroxyl groups is 1. The van der Waals surface area contributed by atoms with Gasteiger partial charge in [-0.05, 0) is 42.8 Å². The van der Waals surface area contributed by atoms with E-state index in [9.17, 15) is 9.90 Å². The molecule has 0 saturated heterocycles. The molecule has 0 amide bonds. The van der Waals surface area contributed by atoms with Crippen LogP contribution in [0.3, 0.4) is 0 Å². The van der Waals surface area contributed by atoms with Gasteiger partial charge in [0, 0.05) is 33.9 Å². The lowest BCUT2D eigenvalue weighted by molar-refractivity contribution is -0.117. The van der Waals surface area contributed by atoms with Crippen LogP contribution >= 0.6 is 50.7 Å². The summed E-state index contributed by atoms with van der Waals surface area (Å²) in [6.07, 6.45) is 5.30. The van der Waals surface area contributed by atoms with E-state index in [0.717, 1.165) is 20.9 Å². The number of benzene rings is 1. The van der Waals surface area contributed by atoms with Crippen molar-refractivity contribution in [3.05, 3.63) is 46.6 Å². The Labute approximate surface area is 157 Å². The third kappa shape index (κ3) is 4.74. The lowest BCUT2D eigenvalue weighted by atomic mass is 9.76. The van der Waals surface area contributed by atoms with Crippen molar-refractivity contribution in [3.8, 4) is 0 Å². The van der Waals surface area contributed by atoms with Crippen LogP contribution in [0.25, 0.3) is 10.9 Å². The molecule has 0 radical (unpaired) electrons. The van der Waals surface area contributed by atoms with Crippen LogP contribution in [-0.4, -0.2) is 25.8 Å². The zero-order chi connectivity index (χ0) is 17.2. The summed E-state index contributed by atoms with van der Waals surface area (Å²) in [5.41, 5.74) is 1.00. The van der Waals surface area contributed by atoms with E-state index < -0.39 is 9.90 Å². The first-order valence-electron chi connectivity index (χ1n) is 6.84. The molecule has 0 spiro atoms. The van der Waals surface area contributed by atoms with E-state index in [1.807, 2.05) is 24.4 Å². The second kappa shape index (κ2) is 7.58. The second-order valence-corrected chi connectivity index (χ2v) is 8.36. The summed E-state index contributed by atoms with van der Waals surface area (Å²) in [6, 6.07) is 5.96. The lowest BCUT2D eigenvalue weighted by Gasteiger charge is -2.32. The van der Waals surface area contributed by atoms with Gasteiger partial charge in [0.05, 0.1) is 5.60 Å². The summed E-state index contributed by atoms with van der Waals surface area (Å²) in [5, 5.41) is 11.5. The molecule has 0 saturated carbocycles. The van der Waals surface area contributed by atoms with Crippen LogP contribution in [0.1, 0.15) is 24.8 Å². The average Bonchev–Trinajstić information content (AvgIpc) is 2.83. The fourth-order valence-electron chi connectivity index (χ4n) is 2.68. The third-order valence-corrected chi connectivity index (χ3v) is 4.26. The molecule has 1 heterocycles. The number of alkyl halides is 3. The molecule has 1 aliphatic rings. The maximum atomic E-state index is 11.6. The van der Waals surface area contributed by atoms with Crippen LogP contribution in [0.5, 0.6) is 0 Å². The van der Waals surface area contributed by atoms with Gasteiger partial charge in [-0.1, -0.05) is 50.7 Å². The number of hydrogen-bond donors (Lipinski definition) is 2. The smallest absolute Gasteiger partial charge is 0.180 e. The van der Waals surface area contributed by atoms with Crippen molar-refractivity contribution in [1.82, 2.24) is 4.98 Å². The highest BCUT2D eigenvalue weighted by Gasteiger charge is 2.36. The molecule has 0 fully saturated rings. The Morgan fingerprint density at radius 3 is 2.70 bits per heavy atom. The van der Waals surface area contributed by atoms with E-state index in [4.69, 9.17) is 34.8 Å². The van der Waals surface area contributed by atoms with Crippen molar-refractivity contribution in [3.63, 3.8) is 0 Å². The number of allylic oxidation sites excluding steroid dienone is 1. The number of carbonyl (C=O) groups is 1. The first-order valence-corrected chi connectivity index (χ1v) is 8.94. The minimum absolute atomic E-state index is 0.0564. The Hall–Kier alpha value is -0.520. The molecule has 23 heavy (non-hydrogen) atoms. The summed E-state index contributed by atoms with van der Waals surface area (Å²) in [7, 11) is 0. The number of hydrogen-bond acceptors (Lipinski definition) is 2. The first kappa shape index (κ1) is 18.8. The monoisotopic (exact) mass is 437 g/mol. The van der Waals surface area contributed by atoms with Crippen molar-refractivity contribution in [2.45, 2.75) is 29.2 Å². The van der Waals surface area contributed by atoms with Gasteiger partial charge in [-0.25, -0.2) is 0 Å². The molecule has 124 valence electrons. The van der Waals surface area contributed by atoms with Crippen LogP contribution in [-0.2, 0) is 4.79 Å². The molecule has 3 rings (SSSR count). The molecule has 1 aromatic heterocycles. The van der Waals surface area contributed by atoms with Gasteiger partial charge in [-0.15, -0.1) is 0 Å². The molecule has 3 nitrogen and oxygen atoms in total. The lowest BCUT2D eigenvalue weighted by Crippen LogP contribution is -2.34. The maximum absolute atomic E-state index is 11.6. The van der Waals surface area contributed by atoms with Gasteiger partial charge < -0.3 is 10.1 Å². The molecule has 2 atom stereocenters. The van der Waals surface area contributed by atoms with E-state index in [-0.39, 0.29) is 11.7 Å². The number of fused-ring (bicyclic) bond motifs is 1. The predicted octanol–water partition coefficient (Wildman–Crippen LogP) is 5.28. The fourth-order valence-corrected chi connectivity index (χ4v) is 3.04. The molecular weight excluding hydrogens is 424 g/mol. The summed E-state index contributed by atoms with van der Waals surface area (Å²) in [6.45, 7) is 1.75. The number of nitrogens with one attached hydrogen (secondary N) is 1. The van der Waals surface area contributed by atoms with Crippen molar-refractivity contribution >= 4 is 67.4 Å². The zero-order valence-corrected chi connectivity index (χ0v) is 16.0. The topological polar surface area (TPSA) is 53.1 Å². The quantitative estimate of drug-likeness (QED) is 0.594. The Morgan fingerprint density at radius 1 is 1.39 bits per heavy atom. The van der Waals surface area contributed by atoms with Crippen molar-refractivity contribution < 1.29 is 9.90 Å². The van der Waals surface area contributed by atoms with E-state index in [1.165, 1.54) is 6.08 Å². The number of aromatic amines is 1. The van der Waals surface area contributed by atoms with Gasteiger partial charge in [0.2, 0.25) is 0 Å². The Morgan fingerprint density at radius 2 is 2.04 bits per heavy atom. The minimum atomic E-state index is -0.995. The number of H-pyrrole nitrogens is 1. The highest BCUT2D eigenvalue weighted by atomic mass is 79.9. The van der Waals surface area contributed by atoms with Crippen molar-refractivity contribution in [2.24, 2.45) is 0 Å². The summed E-state index contributed by atoms with van der Waals surface area (Å²) < 4.78 is 0.234. The molecule has 0 bridgehead atoms. The summed E-state index contributed by atoms with van der Waals surface area (Å²) >= 11 is 17.9. The highest BCUT2D eigenvalue weighted by Crippen LogP contribution is 2.39. The van der Waals surface area contributed by atoms with Crippen LogP contribution < -0.4 is 0 Å². The molecule has 7 heteroatoms. The van der Waals surface area contributed by atoms with Gasteiger partial charge in [-0.2, -0.15) is 0 Å². The summed E-state index contributed by atoms with van der Waals surface area (Å²) in [4.78, 5) is 14.8. The standard InChI is InChI=1S/C15H14BrNO2.CHCl3/c1-15(19)5-4-10(18)7-13(15)12-8-17-14-3-2-9(16)6-11(12)14;2-1(3)4/h2-6,8,13,17,19H,7H2,1H3;1H/t13-,15-;/m0./s1. The second-order valence-electron chi connectivity index (χ2n) is 5.46. The van der Waals surface area contributed by atoms with Gasteiger partial charge in [0.15, 0.2) is 10.1 Å². The summed E-state index contributed by atoms with van der Waals surface area (Å²) in [5.74, 6) is -0.158. The minimum Gasteiger partial charge on any atom is -0.385 e. The van der Waals surface area contributed by atoms with Crippen molar-refractivity contribution in [1.29, 1.82) is 0 Å². The molecule has 0 aliphatic heterocycles. The van der Waals surface area contributed by atoms with Gasteiger partial charge in [0.1, 0.15) is 0 Å². The molecule has 2 N–H and O–H groups in total. The van der Waals surface area contributed by atoms with E-state index >= 15 is 0 Å². The normalized spacial score (nSPS) is 24.0. The largest absolute Gasteiger partial charge is 0.385 e. The number of carbonyl (C=O) groups excluding carboxylic acids is 1. The van der Waals surface area contributed by atoms with Gasteiger partial charge in [-0.3, -0.25) is 4.79 Å². The number of ketones is 1. The van der Waals surface area contributed by atoms with Crippen LogP contribution in [0.4, 0.5) is 0 Å². The van der Waals surface area contributed by atoms with Crippen LogP contribution in [0.15, 0.2) is 41.0 Å². The Balaban J connectivity index is 0.000000433. The van der Waals surface area contributed by atoms with Crippen LogP contribution in [0.2, 0.25) is 0 Å². The van der Waals surface area contributed by atoms with E-state index in [1.54, 1.807) is 13.0 Å². The highest BCUT2D eigenvalue weighted by molar-refractivity contribution is 9.10. The number of aromatic nitrogens is 1. The maximum Gasteiger partial charge on any atom is 0.180 e. The molecule has 0 unspecified atom stereocenters. The molecular formula is C16H15BrCl3NO2. The average molecular weight is 440 g/mol. The van der Waals surface area contributed by atoms with Crippen LogP contribution in [0, 0.1) is 0 Å². The zero-order valence-electron chi connectivity index (χ0n) is 12.2. The first-order chi connectivity index (χ1) is 10.7. The van der Waals surface area contributed by atoms with Gasteiger partial charge >= 0.3 is 0 Å². The molecule has 1 aliphatic carbocycles. The number of rotatable bonds is 1. The number of halogens is 4. The Bertz CT molecular complexity index is 737. The predicted molar refractivity (Wildman–Crippen MR) is 99.5 cm³/mol. The SMILES string of the molecule is C[C@]1(O)C=CC(=O)C[C@H]1c1c[nH]c2ccc(Br)cc12.ClC(Cl)Cl. The third-order valence-electron chi connectivity index (χ3n) is 3.77. The van der Waals surface area contributed by atoms with E-state index in [2.05, 4.69) is 20.9 Å². The van der Waals surface area contributed by atoms with Gasteiger partial charge in [0.25, 0.3) is 0 Å². The Kier molecular flexibility index (Phi) is 6.20. The van der Waals surface area contributed by atoms with E-state index in [0.29, 0.717) is 6.42 Å². The fraction of sp³-hybridized carbons (Fsp3) is 0.312. The van der Waals surface area contributed by atoms with Crippen molar-refractivity contribution in [2.75, 3.05) is 0 Å². The molecule has 1 aromatic carbocycles. The molecule has 2 aromatic rings.